The number of aromatic nitrogens is 4. The van der Waals surface area contributed by atoms with Gasteiger partial charge in [0.15, 0.2) is 0 Å². The normalized spacial score (nSPS) is 11.3. The maximum atomic E-state index is 12.8. The van der Waals surface area contributed by atoms with E-state index in [0.29, 0.717) is 30.7 Å². The van der Waals surface area contributed by atoms with Crippen molar-refractivity contribution in [1.82, 2.24) is 19.7 Å². The van der Waals surface area contributed by atoms with Crippen LogP contribution in [-0.4, -0.2) is 26.2 Å². The molecule has 2 aromatic heterocycles. The summed E-state index contributed by atoms with van der Waals surface area (Å²) in [5.41, 5.74) is 7.58. The van der Waals surface area contributed by atoms with Gasteiger partial charge in [-0.2, -0.15) is 4.98 Å². The molecule has 172 valence electrons. The maximum Gasteiger partial charge on any atom is 0.330 e. The minimum Gasteiger partial charge on any atom is -0.383 e. The number of H-pyrrole nitrogens is 1. The lowest BCUT2D eigenvalue weighted by Crippen LogP contribution is -2.39. The first-order chi connectivity index (χ1) is 15.3. The van der Waals surface area contributed by atoms with Crippen molar-refractivity contribution in [3.05, 3.63) is 56.6 Å². The first-order valence-corrected chi connectivity index (χ1v) is 11.1. The number of hydrogen-bond donors (Lipinski definition) is 2. The van der Waals surface area contributed by atoms with Gasteiger partial charge in [0.1, 0.15) is 11.5 Å². The lowest BCUT2D eigenvalue weighted by atomic mass is 10.1. The molecule has 0 bridgehead atoms. The molecule has 0 radical (unpaired) electrons. The van der Waals surface area contributed by atoms with E-state index in [1.165, 1.54) is 4.57 Å². The number of nitrogen functional groups attached to an aromatic ring is 1. The zero-order chi connectivity index (χ0) is 23.3. The van der Waals surface area contributed by atoms with Crippen LogP contribution in [0.2, 0.25) is 0 Å². The van der Waals surface area contributed by atoms with E-state index >= 15 is 0 Å². The molecule has 0 saturated carbocycles. The van der Waals surface area contributed by atoms with Crippen molar-refractivity contribution in [2.24, 2.45) is 5.92 Å². The van der Waals surface area contributed by atoms with Crippen LogP contribution in [0.1, 0.15) is 51.5 Å². The Morgan fingerprint density at radius 3 is 2.59 bits per heavy atom. The molecule has 3 N–H and O–H groups in total. The fraction of sp³-hybridized carbons (Fsp3) is 0.478. The third kappa shape index (κ3) is 5.46. The summed E-state index contributed by atoms with van der Waals surface area (Å²) in [7, 11) is 0. The van der Waals surface area contributed by atoms with Crippen molar-refractivity contribution in [1.29, 1.82) is 0 Å². The Morgan fingerprint density at radius 2 is 1.94 bits per heavy atom. The summed E-state index contributed by atoms with van der Waals surface area (Å²) in [6.45, 7) is 9.47. The van der Waals surface area contributed by atoms with Gasteiger partial charge in [-0.1, -0.05) is 62.2 Å². The summed E-state index contributed by atoms with van der Waals surface area (Å²) >= 11 is 0. The molecule has 0 saturated heterocycles. The second-order valence-corrected chi connectivity index (χ2v) is 8.48. The number of nitrogens with two attached hydrogens (primary N) is 1. The molecule has 0 aliphatic heterocycles. The minimum absolute atomic E-state index is 0.161. The van der Waals surface area contributed by atoms with Crippen LogP contribution in [-0.2, 0) is 13.1 Å². The molecule has 0 unspecified atom stereocenters. The fourth-order valence-electron chi connectivity index (χ4n) is 3.41. The quantitative estimate of drug-likeness (QED) is 0.496. The lowest BCUT2D eigenvalue weighted by molar-refractivity contribution is 0.375. The van der Waals surface area contributed by atoms with E-state index in [-0.39, 0.29) is 18.1 Å². The number of anilines is 2. The molecule has 0 aliphatic rings. The van der Waals surface area contributed by atoms with Gasteiger partial charge in [0.05, 0.1) is 6.54 Å². The minimum atomic E-state index is -0.512. The molecule has 0 amide bonds. The van der Waals surface area contributed by atoms with E-state index in [1.54, 1.807) is 0 Å². The van der Waals surface area contributed by atoms with E-state index in [9.17, 15) is 9.59 Å². The summed E-state index contributed by atoms with van der Waals surface area (Å²) in [4.78, 5) is 33.8. The van der Waals surface area contributed by atoms with Gasteiger partial charge >= 0.3 is 5.69 Å². The molecular weight excluding hydrogens is 408 g/mol. The zero-order valence-corrected chi connectivity index (χ0v) is 19.2. The number of nitrogens with one attached hydrogen (secondary N) is 1. The second-order valence-electron chi connectivity index (χ2n) is 8.48. The first-order valence-electron chi connectivity index (χ1n) is 11.1. The molecular formula is C23H32N6O3. The average molecular weight is 441 g/mol. The van der Waals surface area contributed by atoms with Gasteiger partial charge < -0.3 is 15.2 Å². The molecule has 2 heterocycles. The van der Waals surface area contributed by atoms with Crippen LogP contribution in [0.15, 0.2) is 38.4 Å². The van der Waals surface area contributed by atoms with E-state index < -0.39 is 11.2 Å². The van der Waals surface area contributed by atoms with Crippen LogP contribution in [0, 0.1) is 12.8 Å². The van der Waals surface area contributed by atoms with Gasteiger partial charge in [-0.25, -0.2) is 4.79 Å². The van der Waals surface area contributed by atoms with Crippen LogP contribution < -0.4 is 21.9 Å². The number of aryl methyl sites for hydroxylation is 1. The van der Waals surface area contributed by atoms with E-state index in [1.807, 2.05) is 43.0 Å². The van der Waals surface area contributed by atoms with Crippen molar-refractivity contribution in [2.45, 2.75) is 60.0 Å². The average Bonchev–Trinajstić information content (AvgIpc) is 3.20. The molecule has 0 fully saturated rings. The van der Waals surface area contributed by atoms with Crippen LogP contribution in [0.4, 0.5) is 11.5 Å². The van der Waals surface area contributed by atoms with Crippen molar-refractivity contribution in [3.8, 4) is 11.4 Å². The highest BCUT2D eigenvalue weighted by Crippen LogP contribution is 2.22. The number of hydrogen-bond acceptors (Lipinski definition) is 7. The smallest absolute Gasteiger partial charge is 0.330 e. The highest BCUT2D eigenvalue weighted by Gasteiger charge is 2.22. The maximum absolute atomic E-state index is 12.8. The number of aromatic amines is 1. The zero-order valence-electron chi connectivity index (χ0n) is 19.2. The second kappa shape index (κ2) is 10.3. The number of rotatable bonds is 10. The van der Waals surface area contributed by atoms with Gasteiger partial charge in [-0.15, -0.1) is 0 Å². The number of benzene rings is 1. The Hall–Kier alpha value is -3.36. The van der Waals surface area contributed by atoms with Gasteiger partial charge in [0.25, 0.3) is 5.56 Å². The van der Waals surface area contributed by atoms with Crippen molar-refractivity contribution in [3.63, 3.8) is 0 Å². The Morgan fingerprint density at radius 1 is 1.22 bits per heavy atom. The van der Waals surface area contributed by atoms with E-state index in [2.05, 4.69) is 29.0 Å². The Kier molecular flexibility index (Phi) is 7.50. The standard InChI is InChI=1S/C23H32N6O3/c1-5-6-12-29-20(24)19(22(30)26-23(29)31)28(13-11-15(2)3)14-18-25-21(27-32-18)17-9-7-16(4)8-10-17/h7-10,15H,5-6,11-14,24H2,1-4H3,(H,26,30,31). The summed E-state index contributed by atoms with van der Waals surface area (Å²) in [5, 5.41) is 4.09. The molecule has 1 aromatic carbocycles. The summed E-state index contributed by atoms with van der Waals surface area (Å²) in [6.07, 6.45) is 2.51. The van der Waals surface area contributed by atoms with Gasteiger partial charge in [-0.3, -0.25) is 14.3 Å². The lowest BCUT2D eigenvalue weighted by Gasteiger charge is -2.25. The topological polar surface area (TPSA) is 123 Å². The summed E-state index contributed by atoms with van der Waals surface area (Å²) < 4.78 is 6.91. The molecule has 3 rings (SSSR count). The number of unbranched alkanes of at least 4 members (excludes halogenated alkanes) is 1. The van der Waals surface area contributed by atoms with Crippen LogP contribution in [0.25, 0.3) is 11.4 Å². The molecule has 0 aliphatic carbocycles. The van der Waals surface area contributed by atoms with Crippen LogP contribution >= 0.6 is 0 Å². The van der Waals surface area contributed by atoms with E-state index in [0.717, 1.165) is 30.4 Å². The Labute approximate surface area is 187 Å². The largest absolute Gasteiger partial charge is 0.383 e. The third-order valence-electron chi connectivity index (χ3n) is 5.35. The highest BCUT2D eigenvalue weighted by atomic mass is 16.5. The van der Waals surface area contributed by atoms with Crippen molar-refractivity contribution in [2.75, 3.05) is 17.2 Å². The Bertz CT molecular complexity index is 1140. The summed E-state index contributed by atoms with van der Waals surface area (Å²) in [6, 6.07) is 7.85. The molecule has 9 nitrogen and oxygen atoms in total. The van der Waals surface area contributed by atoms with Gasteiger partial charge in [0.2, 0.25) is 11.7 Å². The van der Waals surface area contributed by atoms with E-state index in [4.69, 9.17) is 10.3 Å². The SMILES string of the molecule is CCCCn1c(N)c(N(CCC(C)C)Cc2nc(-c3ccc(C)cc3)no2)c(=O)[nH]c1=O. The van der Waals surface area contributed by atoms with Gasteiger partial charge in [-0.05, 0) is 25.7 Å². The van der Waals surface area contributed by atoms with Crippen LogP contribution in [0.3, 0.4) is 0 Å². The van der Waals surface area contributed by atoms with Crippen molar-refractivity contribution >= 4 is 11.5 Å². The molecule has 0 atom stereocenters. The van der Waals surface area contributed by atoms with Crippen molar-refractivity contribution < 1.29 is 4.52 Å². The third-order valence-corrected chi connectivity index (χ3v) is 5.35. The predicted octanol–water partition coefficient (Wildman–Crippen LogP) is 3.33. The Balaban J connectivity index is 1.95. The molecule has 32 heavy (non-hydrogen) atoms. The monoisotopic (exact) mass is 440 g/mol. The molecule has 3 aromatic rings. The fourth-order valence-corrected chi connectivity index (χ4v) is 3.41. The summed E-state index contributed by atoms with van der Waals surface area (Å²) in [5.74, 6) is 1.43. The highest BCUT2D eigenvalue weighted by molar-refractivity contribution is 5.62. The molecule has 0 spiro atoms. The number of nitrogens with zero attached hydrogens (tertiary/aromatic N) is 4. The predicted molar refractivity (Wildman–Crippen MR) is 126 cm³/mol. The van der Waals surface area contributed by atoms with Gasteiger partial charge in [0, 0.05) is 18.7 Å². The molecule has 9 heteroatoms. The first kappa shape index (κ1) is 23.3. The van der Waals surface area contributed by atoms with Crippen LogP contribution in [0.5, 0.6) is 0 Å².